The Bertz CT molecular complexity index is 2320. The molecule has 2 heterocycles. The normalized spacial score (nSPS) is 11.3. The van der Waals surface area contributed by atoms with Crippen molar-refractivity contribution in [3.63, 3.8) is 0 Å². The summed E-state index contributed by atoms with van der Waals surface area (Å²) in [4.78, 5) is 0.350. The first-order valence-electron chi connectivity index (χ1n) is 16.3. The molecule has 0 saturated heterocycles. The van der Waals surface area contributed by atoms with E-state index < -0.39 is 9.84 Å². The minimum absolute atomic E-state index is 0.175. The van der Waals surface area contributed by atoms with Crippen LogP contribution in [0.4, 0.5) is 0 Å². The third-order valence-corrected chi connectivity index (χ3v) is 11.8. The van der Waals surface area contributed by atoms with Crippen molar-refractivity contribution in [2.75, 3.05) is 0 Å². The minimum atomic E-state index is -4.22. The van der Waals surface area contributed by atoms with Crippen molar-refractivity contribution in [2.24, 2.45) is 0 Å². The van der Waals surface area contributed by atoms with Crippen LogP contribution in [0.25, 0.3) is 44.5 Å². The summed E-state index contributed by atoms with van der Waals surface area (Å²) in [7, 11) is -4.22. The fraction of sp³-hybridized carbons (Fsp3) is 0. The van der Waals surface area contributed by atoms with Gasteiger partial charge in [0.25, 0.3) is 0 Å². The lowest BCUT2D eigenvalue weighted by atomic mass is 9.93. The van der Waals surface area contributed by atoms with Gasteiger partial charge in [-0.15, -0.1) is 22.7 Å². The van der Waals surface area contributed by atoms with E-state index in [4.69, 9.17) is 9.47 Å². The first-order valence-corrected chi connectivity index (χ1v) is 19.6. The number of sulfone groups is 1. The Hall–Kier alpha value is -5.73. The fourth-order valence-electron chi connectivity index (χ4n) is 6.29. The summed E-state index contributed by atoms with van der Waals surface area (Å²) in [6.07, 6.45) is 0. The van der Waals surface area contributed by atoms with Gasteiger partial charge >= 0.3 is 0 Å². The van der Waals surface area contributed by atoms with Crippen LogP contribution in [0.3, 0.4) is 0 Å². The van der Waals surface area contributed by atoms with Crippen LogP contribution in [0.2, 0.25) is 0 Å². The molecule has 0 aliphatic rings. The molecule has 0 bridgehead atoms. The maximum absolute atomic E-state index is 15.6. The molecule has 0 aliphatic carbocycles. The van der Waals surface area contributed by atoms with Crippen LogP contribution >= 0.6 is 22.7 Å². The summed E-state index contributed by atoms with van der Waals surface area (Å²) in [5.74, 6) is 1.13. The van der Waals surface area contributed by atoms with E-state index >= 15 is 8.42 Å². The molecule has 8 aromatic rings. The monoisotopic (exact) mass is 718 g/mol. The molecular formula is C44H30O4S3. The molecule has 2 aromatic heterocycles. The Morgan fingerprint density at radius 3 is 1.00 bits per heavy atom. The highest BCUT2D eigenvalue weighted by atomic mass is 32.2. The van der Waals surface area contributed by atoms with Crippen LogP contribution in [0.1, 0.15) is 0 Å². The molecule has 0 saturated carbocycles. The van der Waals surface area contributed by atoms with Gasteiger partial charge < -0.3 is 9.47 Å². The predicted octanol–water partition coefficient (Wildman–Crippen LogP) is 12.9. The zero-order valence-electron chi connectivity index (χ0n) is 27.2. The first-order chi connectivity index (χ1) is 25.1. The average molecular weight is 719 g/mol. The van der Waals surface area contributed by atoms with Crippen molar-refractivity contribution in [1.82, 2.24) is 0 Å². The van der Waals surface area contributed by atoms with Crippen LogP contribution in [-0.4, -0.2) is 8.42 Å². The number of benzene rings is 6. The molecule has 0 N–H and O–H groups in total. The van der Waals surface area contributed by atoms with E-state index in [1.165, 1.54) is 22.7 Å². The number of hydrogen-bond acceptors (Lipinski definition) is 6. The zero-order chi connectivity index (χ0) is 34.6. The van der Waals surface area contributed by atoms with Crippen molar-refractivity contribution in [3.8, 4) is 66.1 Å². The smallest absolute Gasteiger partial charge is 0.207 e. The van der Waals surface area contributed by atoms with Gasteiger partial charge in [0.05, 0.1) is 9.79 Å². The molecule has 248 valence electrons. The summed E-state index contributed by atoms with van der Waals surface area (Å²) in [5, 5.41) is 5.33. The lowest BCUT2D eigenvalue weighted by Gasteiger charge is -2.22. The standard InChI is InChI=1S/C44H30O4S3/c45-51(46,37-27-25-35(47-39-23-13-29-49-39)41(31-15-5-1-6-16-31)43(37)33-19-9-3-10-20-33)38-28-26-36(48-40-24-14-30-50-40)42(32-17-7-2-8-18-32)44(38)34-21-11-4-12-22-34/h1-30H. The van der Waals surface area contributed by atoms with E-state index in [9.17, 15) is 0 Å². The van der Waals surface area contributed by atoms with E-state index in [2.05, 4.69) is 0 Å². The van der Waals surface area contributed by atoms with E-state index in [0.717, 1.165) is 22.3 Å². The van der Waals surface area contributed by atoms with Crippen LogP contribution < -0.4 is 9.47 Å². The number of rotatable bonds is 10. The molecule has 0 radical (unpaired) electrons. The molecule has 8 rings (SSSR count). The highest BCUT2D eigenvalue weighted by Crippen LogP contribution is 2.50. The average Bonchev–Trinajstić information content (AvgIpc) is 3.91. The van der Waals surface area contributed by atoms with E-state index in [0.29, 0.717) is 43.9 Å². The molecule has 0 atom stereocenters. The fourth-order valence-corrected chi connectivity index (χ4v) is 9.17. The van der Waals surface area contributed by atoms with E-state index in [-0.39, 0.29) is 9.79 Å². The van der Waals surface area contributed by atoms with Gasteiger partial charge in [-0.1, -0.05) is 121 Å². The van der Waals surface area contributed by atoms with E-state index in [1.807, 2.05) is 156 Å². The molecule has 51 heavy (non-hydrogen) atoms. The molecule has 6 aromatic carbocycles. The number of ether oxygens (including phenoxy) is 2. The largest absolute Gasteiger partial charge is 0.446 e. The second-order valence-corrected chi connectivity index (χ2v) is 15.4. The first kappa shape index (κ1) is 32.5. The summed E-state index contributed by atoms with van der Waals surface area (Å²) in [5.41, 5.74) is 5.71. The van der Waals surface area contributed by atoms with Crippen LogP contribution in [0, 0.1) is 0 Å². The summed E-state index contributed by atoms with van der Waals surface area (Å²) >= 11 is 2.96. The van der Waals surface area contributed by atoms with Crippen molar-refractivity contribution in [3.05, 3.63) is 181 Å². The van der Waals surface area contributed by atoms with Crippen LogP contribution in [0.15, 0.2) is 190 Å². The third-order valence-electron chi connectivity index (χ3n) is 8.50. The molecule has 0 aliphatic heterocycles. The maximum atomic E-state index is 15.6. The maximum Gasteiger partial charge on any atom is 0.207 e. The molecule has 0 fully saturated rings. The van der Waals surface area contributed by atoms with Crippen LogP contribution in [-0.2, 0) is 9.84 Å². The summed E-state index contributed by atoms with van der Waals surface area (Å²) in [6.45, 7) is 0. The quantitative estimate of drug-likeness (QED) is 0.141. The minimum Gasteiger partial charge on any atom is -0.446 e. The van der Waals surface area contributed by atoms with Crippen molar-refractivity contribution in [1.29, 1.82) is 0 Å². The summed E-state index contributed by atoms with van der Waals surface area (Å²) in [6, 6.07) is 53.6. The van der Waals surface area contributed by atoms with E-state index in [1.54, 1.807) is 24.3 Å². The number of thiophene rings is 2. The Balaban J connectivity index is 1.44. The number of hydrogen-bond donors (Lipinski definition) is 0. The van der Waals surface area contributed by atoms with Gasteiger partial charge in [-0.05, 0) is 81.5 Å². The summed E-state index contributed by atoms with van der Waals surface area (Å²) < 4.78 is 44.1. The van der Waals surface area contributed by atoms with Crippen LogP contribution in [0.5, 0.6) is 21.6 Å². The van der Waals surface area contributed by atoms with Gasteiger partial charge in [-0.25, -0.2) is 8.42 Å². The van der Waals surface area contributed by atoms with Crippen molar-refractivity contribution in [2.45, 2.75) is 9.79 Å². The highest BCUT2D eigenvalue weighted by molar-refractivity contribution is 7.91. The van der Waals surface area contributed by atoms with Gasteiger partial charge in [-0.2, -0.15) is 0 Å². The molecule has 4 nitrogen and oxygen atoms in total. The Morgan fingerprint density at radius 1 is 0.353 bits per heavy atom. The second-order valence-electron chi connectivity index (χ2n) is 11.7. The molecule has 0 unspecified atom stereocenters. The van der Waals surface area contributed by atoms with Gasteiger partial charge in [-0.3, -0.25) is 0 Å². The Kier molecular flexibility index (Phi) is 9.07. The lowest BCUT2D eigenvalue weighted by Crippen LogP contribution is -2.09. The van der Waals surface area contributed by atoms with Crippen molar-refractivity contribution < 1.29 is 17.9 Å². The third kappa shape index (κ3) is 6.51. The topological polar surface area (TPSA) is 52.6 Å². The molecule has 0 amide bonds. The van der Waals surface area contributed by atoms with Gasteiger partial charge in [0.1, 0.15) is 11.5 Å². The molecular weight excluding hydrogens is 689 g/mol. The SMILES string of the molecule is O=S(=O)(c1ccc(Oc2cccs2)c(-c2ccccc2)c1-c1ccccc1)c1ccc(Oc2cccs2)c(-c2ccccc2)c1-c1ccccc1. The molecule has 7 heteroatoms. The Labute approximate surface area is 305 Å². The highest BCUT2D eigenvalue weighted by Gasteiger charge is 2.32. The van der Waals surface area contributed by atoms with Gasteiger partial charge in [0.15, 0.2) is 10.1 Å². The predicted molar refractivity (Wildman–Crippen MR) is 209 cm³/mol. The van der Waals surface area contributed by atoms with Crippen molar-refractivity contribution >= 4 is 32.5 Å². The van der Waals surface area contributed by atoms with Gasteiger partial charge in [0.2, 0.25) is 9.84 Å². The Morgan fingerprint density at radius 2 is 0.686 bits per heavy atom. The zero-order valence-corrected chi connectivity index (χ0v) is 29.6. The van der Waals surface area contributed by atoms with Gasteiger partial charge in [0, 0.05) is 22.3 Å². The lowest BCUT2D eigenvalue weighted by molar-refractivity contribution is 0.498. The molecule has 0 spiro atoms. The second kappa shape index (κ2) is 14.2.